The molecule has 112 valence electrons. The molecule has 0 saturated heterocycles. The number of carboxylic acids is 1. The number of nitrogens with zero attached hydrogens (tertiary/aromatic N) is 4. The number of carbonyl (C=O) groups excluding carboxylic acids is 1. The molecular formula is C13H22N4O3. The van der Waals surface area contributed by atoms with Gasteiger partial charge >= 0.3 is 5.97 Å². The lowest BCUT2D eigenvalue weighted by Crippen LogP contribution is -2.39. The highest BCUT2D eigenvalue weighted by Gasteiger charge is 2.18. The van der Waals surface area contributed by atoms with Crippen molar-refractivity contribution in [2.75, 3.05) is 6.54 Å². The number of amides is 1. The predicted molar refractivity (Wildman–Crippen MR) is 73.4 cm³/mol. The van der Waals surface area contributed by atoms with Gasteiger partial charge in [0.2, 0.25) is 5.91 Å². The van der Waals surface area contributed by atoms with Gasteiger partial charge in [0, 0.05) is 12.6 Å². The molecule has 0 aliphatic heterocycles. The average Bonchev–Trinajstić information content (AvgIpc) is 2.82. The Hall–Kier alpha value is -1.92. The fraction of sp³-hybridized carbons (Fsp3) is 0.692. The quantitative estimate of drug-likeness (QED) is 0.728. The third kappa shape index (κ3) is 4.64. The molecule has 0 saturated carbocycles. The number of carboxylic acid groups (broad SMARTS) is 1. The normalized spacial score (nSPS) is 10.8. The zero-order valence-electron chi connectivity index (χ0n) is 12.2. The summed E-state index contributed by atoms with van der Waals surface area (Å²) in [7, 11) is 0. The van der Waals surface area contributed by atoms with Gasteiger partial charge in [-0.25, -0.2) is 9.48 Å². The number of hydrogen-bond acceptors (Lipinski definition) is 4. The molecule has 1 N–H and O–H groups in total. The standard InChI is InChI=1S/C13H22N4O3/c1-4-5-6-7-17(10(2)3)12(18)9-16-8-11(13(19)20)14-15-16/h8,10H,4-7,9H2,1-3H3,(H,19,20). The summed E-state index contributed by atoms with van der Waals surface area (Å²) in [4.78, 5) is 24.7. The highest BCUT2D eigenvalue weighted by atomic mass is 16.4. The van der Waals surface area contributed by atoms with E-state index in [-0.39, 0.29) is 24.2 Å². The van der Waals surface area contributed by atoms with Crippen LogP contribution in [0.15, 0.2) is 6.20 Å². The van der Waals surface area contributed by atoms with Gasteiger partial charge < -0.3 is 10.0 Å². The van der Waals surface area contributed by atoms with Crippen molar-refractivity contribution in [3.63, 3.8) is 0 Å². The first-order chi connectivity index (χ1) is 9.45. The van der Waals surface area contributed by atoms with Gasteiger partial charge in [0.25, 0.3) is 0 Å². The second-order valence-electron chi connectivity index (χ2n) is 4.99. The molecule has 1 aromatic rings. The van der Waals surface area contributed by atoms with E-state index >= 15 is 0 Å². The summed E-state index contributed by atoms with van der Waals surface area (Å²) >= 11 is 0. The molecular weight excluding hydrogens is 260 g/mol. The summed E-state index contributed by atoms with van der Waals surface area (Å²) < 4.78 is 1.26. The van der Waals surface area contributed by atoms with E-state index in [4.69, 9.17) is 5.11 Å². The molecule has 7 nitrogen and oxygen atoms in total. The third-order valence-corrected chi connectivity index (χ3v) is 3.00. The highest BCUT2D eigenvalue weighted by Crippen LogP contribution is 2.05. The maximum absolute atomic E-state index is 12.2. The number of carbonyl (C=O) groups is 2. The summed E-state index contributed by atoms with van der Waals surface area (Å²) in [6.07, 6.45) is 4.43. The van der Waals surface area contributed by atoms with Crippen molar-refractivity contribution in [2.45, 2.75) is 52.6 Å². The number of unbranched alkanes of at least 4 members (excludes halogenated alkanes) is 2. The zero-order chi connectivity index (χ0) is 15.1. The van der Waals surface area contributed by atoms with E-state index in [1.165, 1.54) is 10.9 Å². The number of rotatable bonds is 8. The Morgan fingerprint density at radius 2 is 2.10 bits per heavy atom. The molecule has 0 aliphatic rings. The number of aromatic carboxylic acids is 1. The monoisotopic (exact) mass is 282 g/mol. The molecule has 0 aromatic carbocycles. The molecule has 0 radical (unpaired) electrons. The van der Waals surface area contributed by atoms with E-state index in [2.05, 4.69) is 17.2 Å². The summed E-state index contributed by atoms with van der Waals surface area (Å²) in [5, 5.41) is 15.9. The SMILES string of the molecule is CCCCCN(C(=O)Cn1cc(C(=O)O)nn1)C(C)C. The average molecular weight is 282 g/mol. The Morgan fingerprint density at radius 1 is 1.40 bits per heavy atom. The van der Waals surface area contributed by atoms with E-state index < -0.39 is 5.97 Å². The van der Waals surface area contributed by atoms with Gasteiger partial charge in [0.15, 0.2) is 5.69 Å². The lowest BCUT2D eigenvalue weighted by atomic mass is 10.2. The molecule has 0 fully saturated rings. The fourth-order valence-corrected chi connectivity index (χ4v) is 1.91. The Bertz CT molecular complexity index is 456. The molecule has 1 heterocycles. The molecule has 0 atom stereocenters. The van der Waals surface area contributed by atoms with Crippen molar-refractivity contribution >= 4 is 11.9 Å². The predicted octanol–water partition coefficient (Wildman–Crippen LogP) is 1.40. The van der Waals surface area contributed by atoms with Crippen LogP contribution in [0.2, 0.25) is 0 Å². The van der Waals surface area contributed by atoms with Crippen LogP contribution in [0.3, 0.4) is 0 Å². The summed E-state index contributed by atoms with van der Waals surface area (Å²) in [6.45, 7) is 6.78. The van der Waals surface area contributed by atoms with Gasteiger partial charge in [-0.05, 0) is 20.3 Å². The Balaban J connectivity index is 2.62. The van der Waals surface area contributed by atoms with Gasteiger partial charge in [0.1, 0.15) is 6.54 Å². The minimum atomic E-state index is -1.15. The van der Waals surface area contributed by atoms with Crippen molar-refractivity contribution in [3.05, 3.63) is 11.9 Å². The van der Waals surface area contributed by atoms with E-state index in [1.807, 2.05) is 13.8 Å². The molecule has 0 bridgehead atoms. The Kier molecular flexibility index (Phi) is 6.14. The lowest BCUT2D eigenvalue weighted by Gasteiger charge is -2.26. The maximum atomic E-state index is 12.2. The van der Waals surface area contributed by atoms with Crippen molar-refractivity contribution in [1.29, 1.82) is 0 Å². The van der Waals surface area contributed by atoms with Crippen LogP contribution in [0, 0.1) is 0 Å². The molecule has 20 heavy (non-hydrogen) atoms. The number of hydrogen-bond donors (Lipinski definition) is 1. The minimum absolute atomic E-state index is 0.0184. The van der Waals surface area contributed by atoms with Crippen LogP contribution in [0.25, 0.3) is 0 Å². The van der Waals surface area contributed by atoms with Crippen molar-refractivity contribution in [2.24, 2.45) is 0 Å². The van der Waals surface area contributed by atoms with Crippen LogP contribution >= 0.6 is 0 Å². The second-order valence-corrected chi connectivity index (χ2v) is 4.99. The van der Waals surface area contributed by atoms with E-state index in [0.717, 1.165) is 19.3 Å². The first-order valence-corrected chi connectivity index (χ1v) is 6.88. The first kappa shape index (κ1) is 16.1. The second kappa shape index (κ2) is 7.62. The summed E-state index contributed by atoms with van der Waals surface area (Å²) in [5.74, 6) is -1.22. The van der Waals surface area contributed by atoms with E-state index in [1.54, 1.807) is 4.90 Å². The van der Waals surface area contributed by atoms with E-state index in [0.29, 0.717) is 6.54 Å². The Labute approximate surface area is 118 Å². The zero-order valence-corrected chi connectivity index (χ0v) is 12.2. The number of aromatic nitrogens is 3. The molecule has 0 aliphatic carbocycles. The molecule has 1 rings (SSSR count). The van der Waals surface area contributed by atoms with Crippen LogP contribution in [0.1, 0.15) is 50.5 Å². The third-order valence-electron chi connectivity index (χ3n) is 3.00. The van der Waals surface area contributed by atoms with Crippen LogP contribution in [0.4, 0.5) is 0 Å². The molecule has 1 aromatic heterocycles. The highest BCUT2D eigenvalue weighted by molar-refractivity contribution is 5.84. The van der Waals surface area contributed by atoms with Crippen LogP contribution in [-0.4, -0.2) is 49.5 Å². The molecule has 0 unspecified atom stereocenters. The first-order valence-electron chi connectivity index (χ1n) is 6.88. The van der Waals surface area contributed by atoms with Gasteiger partial charge in [-0.1, -0.05) is 25.0 Å². The van der Waals surface area contributed by atoms with Gasteiger partial charge in [0.05, 0.1) is 6.20 Å². The topological polar surface area (TPSA) is 88.3 Å². The summed E-state index contributed by atoms with van der Waals surface area (Å²) in [5.41, 5.74) is -0.153. The molecule has 1 amide bonds. The van der Waals surface area contributed by atoms with Crippen molar-refractivity contribution in [3.8, 4) is 0 Å². The smallest absolute Gasteiger partial charge is 0.358 e. The molecule has 0 spiro atoms. The fourth-order valence-electron chi connectivity index (χ4n) is 1.91. The van der Waals surface area contributed by atoms with Gasteiger partial charge in [-0.2, -0.15) is 0 Å². The van der Waals surface area contributed by atoms with Crippen molar-refractivity contribution in [1.82, 2.24) is 19.9 Å². The maximum Gasteiger partial charge on any atom is 0.358 e. The van der Waals surface area contributed by atoms with Gasteiger partial charge in [-0.3, -0.25) is 4.79 Å². The van der Waals surface area contributed by atoms with Crippen molar-refractivity contribution < 1.29 is 14.7 Å². The largest absolute Gasteiger partial charge is 0.476 e. The van der Waals surface area contributed by atoms with Gasteiger partial charge in [-0.15, -0.1) is 5.10 Å². The molecule has 7 heteroatoms. The van der Waals surface area contributed by atoms with Crippen LogP contribution in [0.5, 0.6) is 0 Å². The lowest BCUT2D eigenvalue weighted by molar-refractivity contribution is -0.133. The summed E-state index contributed by atoms with van der Waals surface area (Å²) in [6, 6.07) is 0.113. The van der Waals surface area contributed by atoms with Crippen LogP contribution < -0.4 is 0 Å². The van der Waals surface area contributed by atoms with E-state index in [9.17, 15) is 9.59 Å². The Morgan fingerprint density at radius 3 is 2.60 bits per heavy atom. The minimum Gasteiger partial charge on any atom is -0.476 e. The van der Waals surface area contributed by atoms with Crippen LogP contribution in [-0.2, 0) is 11.3 Å².